The van der Waals surface area contributed by atoms with Crippen molar-refractivity contribution < 1.29 is 17.6 Å². The zero-order chi connectivity index (χ0) is 22.0. The Kier molecular flexibility index (Phi) is 6.83. The molecule has 4 heteroatoms. The molecule has 166 valence electrons. The average molecular weight is 431 g/mol. The monoisotopic (exact) mass is 430 g/mol. The third kappa shape index (κ3) is 4.73. The van der Waals surface area contributed by atoms with Crippen LogP contribution in [-0.4, -0.2) is 0 Å². The first-order valence-corrected chi connectivity index (χ1v) is 11.6. The highest BCUT2D eigenvalue weighted by atomic mass is 19.2. The normalized spacial score (nSPS) is 22.9. The number of hydrogen-bond donors (Lipinski definition) is 0. The van der Waals surface area contributed by atoms with E-state index in [4.69, 9.17) is 0 Å². The van der Waals surface area contributed by atoms with Gasteiger partial charge in [-0.3, -0.25) is 0 Å². The van der Waals surface area contributed by atoms with Crippen molar-refractivity contribution in [3.8, 4) is 0 Å². The smallest absolute Gasteiger partial charge is 0.166 e. The number of rotatable bonds is 4. The molecule has 2 saturated carbocycles. The second kappa shape index (κ2) is 9.58. The van der Waals surface area contributed by atoms with E-state index in [1.54, 1.807) is 37.3 Å². The summed E-state index contributed by atoms with van der Waals surface area (Å²) in [7, 11) is 0. The van der Waals surface area contributed by atoms with Gasteiger partial charge in [-0.1, -0.05) is 55.7 Å². The van der Waals surface area contributed by atoms with Gasteiger partial charge < -0.3 is 0 Å². The SMILES string of the molecule is Cc1ccc(C2CCC(C=Cc3ccc(C4CCCCC4)c(F)c3F)CC2)c(F)c1F. The molecule has 2 aliphatic carbocycles. The molecule has 0 spiro atoms. The molecule has 0 saturated heterocycles. The van der Waals surface area contributed by atoms with E-state index >= 15 is 0 Å². The highest BCUT2D eigenvalue weighted by molar-refractivity contribution is 5.52. The number of allylic oxidation sites excluding steroid dienone is 1. The van der Waals surface area contributed by atoms with Gasteiger partial charge in [0.05, 0.1) is 0 Å². The van der Waals surface area contributed by atoms with Crippen molar-refractivity contribution >= 4 is 6.08 Å². The van der Waals surface area contributed by atoms with Crippen LogP contribution < -0.4 is 0 Å². The molecule has 0 bridgehead atoms. The minimum absolute atomic E-state index is 0.00343. The Hall–Kier alpha value is -2.10. The van der Waals surface area contributed by atoms with Crippen LogP contribution in [0.2, 0.25) is 0 Å². The van der Waals surface area contributed by atoms with E-state index in [-0.39, 0.29) is 23.3 Å². The van der Waals surface area contributed by atoms with E-state index in [0.29, 0.717) is 16.7 Å². The molecule has 31 heavy (non-hydrogen) atoms. The minimum atomic E-state index is -0.759. The molecular weight excluding hydrogens is 400 g/mol. The highest BCUT2D eigenvalue weighted by Crippen LogP contribution is 2.39. The van der Waals surface area contributed by atoms with Gasteiger partial charge in [-0.05, 0) is 79.9 Å². The average Bonchev–Trinajstić information content (AvgIpc) is 2.80. The zero-order valence-corrected chi connectivity index (χ0v) is 18.1. The third-order valence-electron chi connectivity index (χ3n) is 7.25. The lowest BCUT2D eigenvalue weighted by atomic mass is 9.78. The van der Waals surface area contributed by atoms with Gasteiger partial charge in [-0.15, -0.1) is 0 Å². The Labute approximate surface area is 182 Å². The van der Waals surface area contributed by atoms with Gasteiger partial charge in [0.1, 0.15) is 0 Å². The first-order valence-electron chi connectivity index (χ1n) is 11.6. The van der Waals surface area contributed by atoms with Crippen LogP contribution in [-0.2, 0) is 0 Å². The Morgan fingerprint density at radius 2 is 1.23 bits per heavy atom. The largest absolute Gasteiger partial charge is 0.203 e. The molecule has 0 amide bonds. The van der Waals surface area contributed by atoms with Crippen molar-refractivity contribution in [3.05, 3.63) is 75.9 Å². The molecular formula is C27H30F4. The van der Waals surface area contributed by atoms with Gasteiger partial charge in [-0.25, -0.2) is 17.6 Å². The van der Waals surface area contributed by atoms with E-state index in [1.807, 2.05) is 6.08 Å². The fourth-order valence-corrected chi connectivity index (χ4v) is 5.28. The minimum Gasteiger partial charge on any atom is -0.203 e. The number of halogens is 4. The van der Waals surface area contributed by atoms with Crippen LogP contribution in [0.4, 0.5) is 17.6 Å². The van der Waals surface area contributed by atoms with Crippen molar-refractivity contribution in [3.63, 3.8) is 0 Å². The van der Waals surface area contributed by atoms with Crippen LogP contribution >= 0.6 is 0 Å². The summed E-state index contributed by atoms with van der Waals surface area (Å²) in [4.78, 5) is 0. The Bertz CT molecular complexity index is 948. The topological polar surface area (TPSA) is 0 Å². The van der Waals surface area contributed by atoms with Crippen molar-refractivity contribution in [2.45, 2.75) is 76.5 Å². The van der Waals surface area contributed by atoms with Gasteiger partial charge in [0.2, 0.25) is 0 Å². The van der Waals surface area contributed by atoms with Crippen LogP contribution in [0.3, 0.4) is 0 Å². The predicted molar refractivity (Wildman–Crippen MR) is 117 cm³/mol. The molecule has 2 fully saturated rings. The lowest BCUT2D eigenvalue weighted by Gasteiger charge is -2.27. The van der Waals surface area contributed by atoms with Crippen LogP contribution in [0.25, 0.3) is 6.08 Å². The third-order valence-corrected chi connectivity index (χ3v) is 7.25. The first-order chi connectivity index (χ1) is 15.0. The molecule has 0 heterocycles. The molecule has 0 N–H and O–H groups in total. The maximum Gasteiger partial charge on any atom is 0.166 e. The molecule has 4 rings (SSSR count). The fraction of sp³-hybridized carbons (Fsp3) is 0.481. The molecule has 2 aromatic rings. The van der Waals surface area contributed by atoms with E-state index in [9.17, 15) is 17.6 Å². The summed E-state index contributed by atoms with van der Waals surface area (Å²) in [5, 5.41) is 0. The molecule has 0 unspecified atom stereocenters. The van der Waals surface area contributed by atoms with Crippen molar-refractivity contribution in [1.82, 2.24) is 0 Å². The lowest BCUT2D eigenvalue weighted by Crippen LogP contribution is -2.14. The summed E-state index contributed by atoms with van der Waals surface area (Å²) in [5.41, 5.74) is 1.58. The van der Waals surface area contributed by atoms with Crippen molar-refractivity contribution in [2.24, 2.45) is 5.92 Å². The standard InChI is InChI=1S/C27H30F4/c1-17-7-15-22(26(30)24(17)28)20-11-8-18(9-12-20)10-13-21-14-16-23(27(31)25(21)29)19-5-3-2-4-6-19/h7,10,13-16,18-20H,2-6,8-9,11-12H2,1H3. The van der Waals surface area contributed by atoms with Crippen LogP contribution in [0.1, 0.15) is 91.9 Å². The molecule has 0 nitrogen and oxygen atoms in total. The van der Waals surface area contributed by atoms with E-state index in [2.05, 4.69) is 0 Å². The van der Waals surface area contributed by atoms with E-state index in [0.717, 1.165) is 51.4 Å². The first kappa shape index (κ1) is 22.1. The molecule has 0 atom stereocenters. The predicted octanol–water partition coefficient (Wildman–Crippen LogP) is 8.59. The highest BCUT2D eigenvalue weighted by Gasteiger charge is 2.25. The lowest BCUT2D eigenvalue weighted by molar-refractivity contribution is 0.364. The van der Waals surface area contributed by atoms with E-state index in [1.165, 1.54) is 6.42 Å². The quantitative estimate of drug-likeness (QED) is 0.426. The summed E-state index contributed by atoms with van der Waals surface area (Å²) < 4.78 is 57.5. The number of benzene rings is 2. The van der Waals surface area contributed by atoms with Gasteiger partial charge in [0, 0.05) is 5.56 Å². The zero-order valence-electron chi connectivity index (χ0n) is 18.1. The van der Waals surface area contributed by atoms with Gasteiger partial charge in [0.25, 0.3) is 0 Å². The Balaban J connectivity index is 1.40. The summed E-state index contributed by atoms with van der Waals surface area (Å²) in [5.74, 6) is -2.58. The Morgan fingerprint density at radius 1 is 0.645 bits per heavy atom. The molecule has 0 aromatic heterocycles. The van der Waals surface area contributed by atoms with Crippen molar-refractivity contribution in [2.75, 3.05) is 0 Å². The van der Waals surface area contributed by atoms with Crippen LogP contribution in [0.15, 0.2) is 30.3 Å². The van der Waals surface area contributed by atoms with Gasteiger partial charge in [-0.2, -0.15) is 0 Å². The second-order valence-electron chi connectivity index (χ2n) is 9.28. The Morgan fingerprint density at radius 3 is 1.90 bits per heavy atom. The molecule has 0 aliphatic heterocycles. The summed E-state index contributed by atoms with van der Waals surface area (Å²) in [6.45, 7) is 1.56. The molecule has 2 aliphatic rings. The summed E-state index contributed by atoms with van der Waals surface area (Å²) >= 11 is 0. The maximum absolute atomic E-state index is 14.7. The van der Waals surface area contributed by atoms with Gasteiger partial charge >= 0.3 is 0 Å². The molecule has 0 radical (unpaired) electrons. The van der Waals surface area contributed by atoms with Crippen LogP contribution in [0.5, 0.6) is 0 Å². The van der Waals surface area contributed by atoms with Crippen LogP contribution in [0, 0.1) is 36.1 Å². The number of hydrogen-bond acceptors (Lipinski definition) is 0. The molecule has 2 aromatic carbocycles. The number of aryl methyl sites for hydroxylation is 1. The fourth-order valence-electron chi connectivity index (χ4n) is 5.28. The van der Waals surface area contributed by atoms with Gasteiger partial charge in [0.15, 0.2) is 23.3 Å². The summed E-state index contributed by atoms with van der Waals surface area (Å²) in [6, 6.07) is 6.77. The van der Waals surface area contributed by atoms with Crippen molar-refractivity contribution in [1.29, 1.82) is 0 Å². The summed E-state index contributed by atoms with van der Waals surface area (Å²) in [6.07, 6.45) is 12.0. The second-order valence-corrected chi connectivity index (χ2v) is 9.28. The maximum atomic E-state index is 14.7. The van der Waals surface area contributed by atoms with E-state index < -0.39 is 23.3 Å².